The third kappa shape index (κ3) is 3.13. The minimum absolute atomic E-state index is 0.0127. The van der Waals surface area contributed by atoms with Gasteiger partial charge in [-0.15, -0.1) is 0 Å². The van der Waals surface area contributed by atoms with Crippen LogP contribution in [-0.4, -0.2) is 38.4 Å². The Morgan fingerprint density at radius 3 is 2.54 bits per heavy atom. The van der Waals surface area contributed by atoms with Crippen molar-refractivity contribution in [2.75, 3.05) is 6.54 Å². The van der Waals surface area contributed by atoms with Gasteiger partial charge in [-0.3, -0.25) is 4.79 Å². The molecule has 1 fully saturated rings. The van der Waals surface area contributed by atoms with Gasteiger partial charge in [0.1, 0.15) is 5.82 Å². The first-order valence-electron chi connectivity index (χ1n) is 7.92. The van der Waals surface area contributed by atoms with E-state index in [1.54, 1.807) is 31.2 Å². The Labute approximate surface area is 140 Å². The molecule has 1 saturated heterocycles. The molecule has 0 saturated carbocycles. The van der Waals surface area contributed by atoms with Crippen molar-refractivity contribution in [3.63, 3.8) is 0 Å². The number of amides is 1. The Hall–Kier alpha value is -2.76. The second-order valence-electron chi connectivity index (χ2n) is 5.98. The van der Waals surface area contributed by atoms with E-state index in [4.69, 9.17) is 5.11 Å². The molecular formula is C18H19N3O3. The number of carbonyl (C=O) groups is 2. The van der Waals surface area contributed by atoms with Crippen LogP contribution in [0.15, 0.2) is 30.3 Å². The first-order valence-corrected chi connectivity index (χ1v) is 7.92. The Kier molecular flexibility index (Phi) is 4.29. The normalized spacial score (nSPS) is 17.1. The Morgan fingerprint density at radius 1 is 1.21 bits per heavy atom. The number of benzene rings is 1. The van der Waals surface area contributed by atoms with E-state index < -0.39 is 5.97 Å². The molecule has 0 bridgehead atoms. The maximum Gasteiger partial charge on any atom is 0.335 e. The number of nitrogens with zero attached hydrogens (tertiary/aromatic N) is 3. The summed E-state index contributed by atoms with van der Waals surface area (Å²) in [5.74, 6) is -0.259. The van der Waals surface area contributed by atoms with E-state index >= 15 is 0 Å². The van der Waals surface area contributed by atoms with E-state index in [0.717, 1.165) is 36.3 Å². The standard InChI is InChI=1S/C18H19N3O3/c1-11-19-15(13-5-7-14(8-6-13)18(23)24)10-16(20-11)17-4-3-9-21(17)12(2)22/h5-8,10,17H,3-4,9H2,1-2H3,(H,23,24)/t17-/m0/s1. The van der Waals surface area contributed by atoms with Crippen molar-refractivity contribution in [3.05, 3.63) is 47.4 Å². The fourth-order valence-electron chi connectivity index (χ4n) is 3.14. The van der Waals surface area contributed by atoms with E-state index in [1.807, 2.05) is 17.9 Å². The molecule has 1 atom stereocenters. The number of hydrogen-bond acceptors (Lipinski definition) is 4. The molecule has 1 aliphatic heterocycles. The molecule has 24 heavy (non-hydrogen) atoms. The minimum Gasteiger partial charge on any atom is -0.478 e. The van der Waals surface area contributed by atoms with Crippen molar-refractivity contribution in [3.8, 4) is 11.3 Å². The van der Waals surface area contributed by atoms with Gasteiger partial charge in [-0.05, 0) is 38.0 Å². The van der Waals surface area contributed by atoms with Gasteiger partial charge in [-0.2, -0.15) is 0 Å². The summed E-state index contributed by atoms with van der Waals surface area (Å²) in [5, 5.41) is 9.00. The van der Waals surface area contributed by atoms with Gasteiger partial charge >= 0.3 is 5.97 Å². The predicted octanol–water partition coefficient (Wildman–Crippen LogP) is 2.83. The van der Waals surface area contributed by atoms with Crippen molar-refractivity contribution < 1.29 is 14.7 Å². The number of likely N-dealkylation sites (tertiary alicyclic amines) is 1. The van der Waals surface area contributed by atoms with Crippen LogP contribution < -0.4 is 0 Å². The first kappa shape index (κ1) is 16.1. The molecule has 0 radical (unpaired) electrons. The average Bonchev–Trinajstić information content (AvgIpc) is 3.04. The summed E-state index contributed by atoms with van der Waals surface area (Å²) < 4.78 is 0. The highest BCUT2D eigenvalue weighted by molar-refractivity contribution is 5.88. The van der Waals surface area contributed by atoms with Crippen molar-refractivity contribution in [1.82, 2.24) is 14.9 Å². The second kappa shape index (κ2) is 6.39. The third-order valence-corrected chi connectivity index (χ3v) is 4.28. The zero-order chi connectivity index (χ0) is 17.3. The lowest BCUT2D eigenvalue weighted by molar-refractivity contribution is -0.129. The number of aryl methyl sites for hydroxylation is 1. The van der Waals surface area contributed by atoms with E-state index in [0.29, 0.717) is 5.82 Å². The molecule has 6 heteroatoms. The van der Waals surface area contributed by atoms with E-state index in [-0.39, 0.29) is 17.5 Å². The Bertz CT molecular complexity index is 787. The summed E-state index contributed by atoms with van der Waals surface area (Å²) in [4.78, 5) is 33.6. The maximum absolute atomic E-state index is 11.8. The summed E-state index contributed by atoms with van der Waals surface area (Å²) in [6.07, 6.45) is 1.86. The largest absolute Gasteiger partial charge is 0.478 e. The number of aromatic carboxylic acids is 1. The summed E-state index contributed by atoms with van der Waals surface area (Å²) >= 11 is 0. The smallest absolute Gasteiger partial charge is 0.335 e. The SMILES string of the molecule is CC(=O)N1CCC[C@H]1c1cc(-c2ccc(C(=O)O)cc2)nc(C)n1. The van der Waals surface area contributed by atoms with Crippen LogP contribution in [0.5, 0.6) is 0 Å². The molecule has 3 rings (SSSR count). The van der Waals surface area contributed by atoms with Crippen LogP contribution in [0, 0.1) is 6.92 Å². The molecular weight excluding hydrogens is 306 g/mol. The van der Waals surface area contributed by atoms with Crippen molar-refractivity contribution in [1.29, 1.82) is 0 Å². The number of rotatable bonds is 3. The highest BCUT2D eigenvalue weighted by atomic mass is 16.4. The van der Waals surface area contributed by atoms with Crippen LogP contribution >= 0.6 is 0 Å². The summed E-state index contributed by atoms with van der Waals surface area (Å²) in [6.45, 7) is 4.16. The predicted molar refractivity (Wildman–Crippen MR) is 88.5 cm³/mol. The van der Waals surface area contributed by atoms with Gasteiger partial charge in [0.05, 0.1) is 23.0 Å². The van der Waals surface area contributed by atoms with Crippen LogP contribution in [-0.2, 0) is 4.79 Å². The van der Waals surface area contributed by atoms with Crippen LogP contribution in [0.3, 0.4) is 0 Å². The molecule has 2 aromatic rings. The number of hydrogen-bond donors (Lipinski definition) is 1. The van der Waals surface area contributed by atoms with Gasteiger partial charge in [-0.25, -0.2) is 14.8 Å². The van der Waals surface area contributed by atoms with Gasteiger partial charge in [0.2, 0.25) is 5.91 Å². The Morgan fingerprint density at radius 2 is 1.92 bits per heavy atom. The summed E-state index contributed by atoms with van der Waals surface area (Å²) in [7, 11) is 0. The molecule has 1 amide bonds. The van der Waals surface area contributed by atoms with E-state index in [2.05, 4.69) is 9.97 Å². The third-order valence-electron chi connectivity index (χ3n) is 4.28. The topological polar surface area (TPSA) is 83.4 Å². The molecule has 1 N–H and O–H groups in total. The molecule has 1 aromatic carbocycles. The van der Waals surface area contributed by atoms with Crippen molar-refractivity contribution in [2.45, 2.75) is 32.7 Å². The molecule has 1 aliphatic rings. The molecule has 124 valence electrons. The van der Waals surface area contributed by atoms with Gasteiger partial charge in [0.25, 0.3) is 0 Å². The Balaban J connectivity index is 1.97. The molecule has 0 spiro atoms. The second-order valence-corrected chi connectivity index (χ2v) is 5.98. The monoisotopic (exact) mass is 325 g/mol. The lowest BCUT2D eigenvalue weighted by Crippen LogP contribution is -2.28. The van der Waals surface area contributed by atoms with Crippen LogP contribution in [0.2, 0.25) is 0 Å². The number of carboxylic acids is 1. The van der Waals surface area contributed by atoms with Gasteiger partial charge < -0.3 is 10.0 Å². The average molecular weight is 325 g/mol. The molecule has 6 nitrogen and oxygen atoms in total. The molecule has 0 unspecified atom stereocenters. The van der Waals surface area contributed by atoms with E-state index in [9.17, 15) is 9.59 Å². The quantitative estimate of drug-likeness (QED) is 0.938. The molecule has 0 aliphatic carbocycles. The number of aromatic nitrogens is 2. The van der Waals surface area contributed by atoms with Gasteiger partial charge in [0, 0.05) is 19.0 Å². The zero-order valence-electron chi connectivity index (χ0n) is 13.7. The minimum atomic E-state index is -0.954. The van der Waals surface area contributed by atoms with Gasteiger partial charge in [-0.1, -0.05) is 12.1 Å². The summed E-state index contributed by atoms with van der Waals surface area (Å²) in [5.41, 5.74) is 2.65. The first-order chi connectivity index (χ1) is 11.5. The maximum atomic E-state index is 11.8. The van der Waals surface area contributed by atoms with Crippen molar-refractivity contribution >= 4 is 11.9 Å². The van der Waals surface area contributed by atoms with Crippen LogP contribution in [0.1, 0.15) is 47.7 Å². The zero-order valence-corrected chi connectivity index (χ0v) is 13.7. The van der Waals surface area contributed by atoms with Gasteiger partial charge in [0.15, 0.2) is 0 Å². The highest BCUT2D eigenvalue weighted by Crippen LogP contribution is 2.32. The number of carboxylic acid groups (broad SMARTS) is 1. The summed E-state index contributed by atoms with van der Waals surface area (Å²) in [6, 6.07) is 8.49. The highest BCUT2D eigenvalue weighted by Gasteiger charge is 2.29. The number of carbonyl (C=O) groups excluding carboxylic acids is 1. The molecule has 1 aromatic heterocycles. The van der Waals surface area contributed by atoms with Crippen LogP contribution in [0.25, 0.3) is 11.3 Å². The van der Waals surface area contributed by atoms with E-state index in [1.165, 1.54) is 0 Å². The van der Waals surface area contributed by atoms with Crippen LogP contribution in [0.4, 0.5) is 0 Å². The molecule has 2 heterocycles. The fourth-order valence-corrected chi connectivity index (χ4v) is 3.14. The van der Waals surface area contributed by atoms with Crippen molar-refractivity contribution in [2.24, 2.45) is 0 Å². The lowest BCUT2D eigenvalue weighted by Gasteiger charge is -2.23. The fraction of sp³-hybridized carbons (Fsp3) is 0.333. The lowest BCUT2D eigenvalue weighted by atomic mass is 10.1.